The highest BCUT2D eigenvalue weighted by Crippen LogP contribution is 2.07. The van der Waals surface area contributed by atoms with Gasteiger partial charge in [0.1, 0.15) is 0 Å². The second kappa shape index (κ2) is 8.76. The van der Waals surface area contributed by atoms with E-state index in [0.29, 0.717) is 0 Å². The normalized spacial score (nSPS) is 9.36. The Morgan fingerprint density at radius 1 is 0.636 bits per heavy atom. The summed E-state index contributed by atoms with van der Waals surface area (Å²) < 4.78 is 0. The summed E-state index contributed by atoms with van der Waals surface area (Å²) in [5, 5.41) is 0. The summed E-state index contributed by atoms with van der Waals surface area (Å²) in [6.07, 6.45) is 4.37. The maximum Gasteiger partial charge on any atom is 0.0249 e. The molecule has 0 radical (unpaired) electrons. The van der Waals surface area contributed by atoms with E-state index in [2.05, 4.69) is 61.8 Å². The number of hydrogen-bond acceptors (Lipinski definition) is 0. The Balaban J connectivity index is 2.03. The summed E-state index contributed by atoms with van der Waals surface area (Å²) in [4.78, 5) is 0. The lowest BCUT2D eigenvalue weighted by Gasteiger charge is -1.97. The Bertz CT molecular complexity index is 695. The van der Waals surface area contributed by atoms with E-state index in [1.165, 1.54) is 12.0 Å². The van der Waals surface area contributed by atoms with Crippen LogP contribution in [0.3, 0.4) is 0 Å². The number of aryl methyl sites for hydroxylation is 1. The molecule has 22 heavy (non-hydrogen) atoms. The van der Waals surface area contributed by atoms with Gasteiger partial charge in [-0.1, -0.05) is 56.1 Å². The topological polar surface area (TPSA) is 0 Å². The first-order valence-corrected chi connectivity index (χ1v) is 8.01. The minimum atomic E-state index is 0.954. The zero-order valence-electron chi connectivity index (χ0n) is 13.4. The Kier molecular flexibility index (Phi) is 6.35. The van der Waals surface area contributed by atoms with Crippen LogP contribution in [0.2, 0.25) is 0 Å². The van der Waals surface area contributed by atoms with Crippen molar-refractivity contribution in [2.75, 3.05) is 0 Å². The van der Waals surface area contributed by atoms with E-state index in [1.54, 1.807) is 0 Å². The van der Waals surface area contributed by atoms with E-state index >= 15 is 0 Å². The smallest absolute Gasteiger partial charge is 0.0249 e. The van der Waals surface area contributed by atoms with Gasteiger partial charge in [0.25, 0.3) is 0 Å². The highest BCUT2D eigenvalue weighted by molar-refractivity contribution is 5.46. The van der Waals surface area contributed by atoms with Crippen molar-refractivity contribution in [2.45, 2.75) is 39.5 Å². The molecule has 0 aromatic heterocycles. The molecule has 110 valence electrons. The number of unbranched alkanes of at least 4 members (excludes halogenated alkanes) is 1. The van der Waals surface area contributed by atoms with Crippen LogP contribution in [-0.4, -0.2) is 0 Å². The van der Waals surface area contributed by atoms with Gasteiger partial charge in [-0.2, -0.15) is 0 Å². The van der Waals surface area contributed by atoms with Crippen molar-refractivity contribution in [3.05, 3.63) is 70.8 Å². The molecule has 0 nitrogen and oxygen atoms in total. The molecule has 2 aromatic rings. The van der Waals surface area contributed by atoms with E-state index in [0.717, 1.165) is 36.0 Å². The zero-order valence-corrected chi connectivity index (χ0v) is 13.4. The lowest BCUT2D eigenvalue weighted by Crippen LogP contribution is -1.83. The third kappa shape index (κ3) is 5.16. The minimum absolute atomic E-state index is 0.954. The van der Waals surface area contributed by atoms with Crippen LogP contribution < -0.4 is 0 Å². The van der Waals surface area contributed by atoms with Gasteiger partial charge >= 0.3 is 0 Å². The second-order valence-electron chi connectivity index (χ2n) is 5.33. The van der Waals surface area contributed by atoms with Gasteiger partial charge in [-0.25, -0.2) is 0 Å². The highest BCUT2D eigenvalue weighted by atomic mass is 14.0. The molecule has 0 saturated heterocycles. The van der Waals surface area contributed by atoms with Crippen molar-refractivity contribution in [1.29, 1.82) is 0 Å². The molecule has 0 heteroatoms. The maximum absolute atomic E-state index is 3.22. The van der Waals surface area contributed by atoms with Gasteiger partial charge < -0.3 is 0 Å². The molecule has 2 aromatic carbocycles. The Morgan fingerprint density at radius 3 is 1.64 bits per heavy atom. The van der Waals surface area contributed by atoms with Gasteiger partial charge in [0.05, 0.1) is 0 Å². The average Bonchev–Trinajstić information content (AvgIpc) is 2.56. The van der Waals surface area contributed by atoms with Crippen LogP contribution in [0.15, 0.2) is 48.5 Å². The van der Waals surface area contributed by atoms with Gasteiger partial charge in [0.15, 0.2) is 0 Å². The molecule has 2 rings (SSSR count). The maximum atomic E-state index is 3.22. The zero-order chi connectivity index (χ0) is 15.6. The van der Waals surface area contributed by atoms with E-state index in [-0.39, 0.29) is 0 Å². The summed E-state index contributed by atoms with van der Waals surface area (Å²) in [6, 6.07) is 16.7. The molecular weight excluding hydrogens is 264 g/mol. The fourth-order valence-electron chi connectivity index (χ4n) is 2.11. The molecule has 0 amide bonds. The first kappa shape index (κ1) is 15.9. The van der Waals surface area contributed by atoms with Gasteiger partial charge in [0, 0.05) is 23.1 Å². The molecule has 0 bridgehead atoms. The third-order valence-electron chi connectivity index (χ3n) is 3.34. The molecule has 0 N–H and O–H groups in total. The number of hydrogen-bond donors (Lipinski definition) is 0. The van der Waals surface area contributed by atoms with Crippen LogP contribution in [0.1, 0.15) is 55.4 Å². The van der Waals surface area contributed by atoms with Crippen molar-refractivity contribution in [3.8, 4) is 23.7 Å². The lowest BCUT2D eigenvalue weighted by molar-refractivity contribution is 0.922. The van der Waals surface area contributed by atoms with Crippen molar-refractivity contribution >= 4 is 0 Å². The van der Waals surface area contributed by atoms with Crippen LogP contribution >= 0.6 is 0 Å². The number of rotatable bonds is 3. The van der Waals surface area contributed by atoms with Gasteiger partial charge in [-0.15, -0.1) is 0 Å². The molecule has 0 atom stereocenters. The largest absolute Gasteiger partial charge is 0.0979 e. The quantitative estimate of drug-likeness (QED) is 0.681. The van der Waals surface area contributed by atoms with E-state index < -0.39 is 0 Å². The Hall–Kier alpha value is -2.44. The molecular formula is C22H22. The van der Waals surface area contributed by atoms with Crippen molar-refractivity contribution in [2.24, 2.45) is 0 Å². The molecule has 0 fully saturated rings. The van der Waals surface area contributed by atoms with Crippen molar-refractivity contribution in [3.63, 3.8) is 0 Å². The van der Waals surface area contributed by atoms with E-state index in [1.807, 2.05) is 24.3 Å². The van der Waals surface area contributed by atoms with Crippen molar-refractivity contribution < 1.29 is 0 Å². The fraction of sp³-hybridized carbons (Fsp3) is 0.273. The monoisotopic (exact) mass is 286 g/mol. The summed E-state index contributed by atoms with van der Waals surface area (Å²) in [5.74, 6) is 12.7. The van der Waals surface area contributed by atoms with Gasteiger partial charge in [-0.3, -0.25) is 0 Å². The SMILES string of the molecule is CCCC#Cc1ccc(C#Cc2ccc(CCC)cc2)cc1. The van der Waals surface area contributed by atoms with Gasteiger partial charge in [0.2, 0.25) is 0 Å². The Morgan fingerprint density at radius 2 is 1.14 bits per heavy atom. The minimum Gasteiger partial charge on any atom is -0.0979 e. The summed E-state index contributed by atoms with van der Waals surface area (Å²) >= 11 is 0. The molecule has 0 spiro atoms. The summed E-state index contributed by atoms with van der Waals surface area (Å²) in [6.45, 7) is 4.34. The predicted molar refractivity (Wildman–Crippen MR) is 94.6 cm³/mol. The van der Waals surface area contributed by atoms with Crippen LogP contribution in [0.5, 0.6) is 0 Å². The van der Waals surface area contributed by atoms with E-state index in [9.17, 15) is 0 Å². The molecule has 0 unspecified atom stereocenters. The molecule has 0 aliphatic heterocycles. The highest BCUT2D eigenvalue weighted by Gasteiger charge is 1.92. The molecule has 0 saturated carbocycles. The first-order chi connectivity index (χ1) is 10.8. The average molecular weight is 286 g/mol. The first-order valence-electron chi connectivity index (χ1n) is 8.01. The summed E-state index contributed by atoms with van der Waals surface area (Å²) in [7, 11) is 0. The van der Waals surface area contributed by atoms with Crippen LogP contribution in [0, 0.1) is 23.7 Å². The van der Waals surface area contributed by atoms with Crippen molar-refractivity contribution in [1.82, 2.24) is 0 Å². The van der Waals surface area contributed by atoms with Crippen LogP contribution in [-0.2, 0) is 6.42 Å². The molecule has 0 heterocycles. The Labute approximate surface area is 134 Å². The third-order valence-corrected chi connectivity index (χ3v) is 3.34. The standard InChI is InChI=1S/C22H22/c1-3-5-6-8-20-11-15-22(16-12-20)18-17-21-13-9-19(7-4-2)10-14-21/h9-16H,3-5,7H2,1-2H3. The summed E-state index contributed by atoms with van der Waals surface area (Å²) in [5.41, 5.74) is 4.52. The van der Waals surface area contributed by atoms with Gasteiger partial charge in [-0.05, 0) is 54.8 Å². The van der Waals surface area contributed by atoms with Crippen LogP contribution in [0.25, 0.3) is 0 Å². The molecule has 0 aliphatic carbocycles. The predicted octanol–water partition coefficient (Wildman–Crippen LogP) is 5.19. The lowest BCUT2D eigenvalue weighted by atomic mass is 10.1. The molecule has 0 aliphatic rings. The second-order valence-corrected chi connectivity index (χ2v) is 5.33. The number of benzene rings is 2. The fourth-order valence-corrected chi connectivity index (χ4v) is 2.11. The van der Waals surface area contributed by atoms with Crippen LogP contribution in [0.4, 0.5) is 0 Å². The van der Waals surface area contributed by atoms with E-state index in [4.69, 9.17) is 0 Å².